The van der Waals surface area contributed by atoms with Crippen LogP contribution < -0.4 is 5.32 Å². The summed E-state index contributed by atoms with van der Waals surface area (Å²) < 4.78 is 1.00. The van der Waals surface area contributed by atoms with Crippen LogP contribution in [0.15, 0.2) is 24.3 Å². The molecule has 5 heteroatoms. The summed E-state index contributed by atoms with van der Waals surface area (Å²) in [6.07, 6.45) is 2.11. The molecule has 1 fully saturated rings. The highest BCUT2D eigenvalue weighted by molar-refractivity contribution is 14.1. The molecule has 1 aliphatic heterocycles. The molecule has 0 saturated carbocycles. The van der Waals surface area contributed by atoms with Crippen molar-refractivity contribution in [3.8, 4) is 0 Å². The summed E-state index contributed by atoms with van der Waals surface area (Å²) in [5.74, 6) is -0.192. The Balaban J connectivity index is 1.88. The van der Waals surface area contributed by atoms with Crippen LogP contribution in [0.3, 0.4) is 0 Å². The van der Waals surface area contributed by atoms with Gasteiger partial charge in [0.2, 0.25) is 5.91 Å². The van der Waals surface area contributed by atoms with E-state index in [2.05, 4.69) is 27.9 Å². The molecule has 0 unspecified atom stereocenters. The molecule has 1 atom stereocenters. The van der Waals surface area contributed by atoms with Crippen molar-refractivity contribution in [1.29, 1.82) is 0 Å². The minimum atomic E-state index is -0.196. The number of rotatable bonds is 3. The molecule has 2 amide bonds. The van der Waals surface area contributed by atoms with Gasteiger partial charge in [0.1, 0.15) is 0 Å². The van der Waals surface area contributed by atoms with E-state index in [0.29, 0.717) is 11.6 Å². The molecule has 1 aromatic rings. The van der Waals surface area contributed by atoms with Gasteiger partial charge in [-0.25, -0.2) is 0 Å². The first-order valence-electron chi connectivity index (χ1n) is 6.41. The molecule has 0 spiro atoms. The first-order chi connectivity index (χ1) is 9.08. The molecule has 0 aromatic heterocycles. The summed E-state index contributed by atoms with van der Waals surface area (Å²) in [5.41, 5.74) is 0.592. The third-order valence-electron chi connectivity index (χ3n) is 3.36. The third kappa shape index (κ3) is 3.68. The summed E-state index contributed by atoms with van der Waals surface area (Å²) in [6, 6.07) is 7.61. The van der Waals surface area contributed by atoms with Crippen LogP contribution in [-0.2, 0) is 4.79 Å². The molecule has 0 radical (unpaired) electrons. The van der Waals surface area contributed by atoms with Gasteiger partial charge >= 0.3 is 0 Å². The van der Waals surface area contributed by atoms with E-state index in [9.17, 15) is 9.59 Å². The van der Waals surface area contributed by atoms with E-state index < -0.39 is 0 Å². The van der Waals surface area contributed by atoms with Crippen LogP contribution in [0.4, 0.5) is 0 Å². The van der Waals surface area contributed by atoms with Crippen molar-refractivity contribution in [2.24, 2.45) is 0 Å². The van der Waals surface area contributed by atoms with Crippen LogP contribution in [-0.4, -0.2) is 35.8 Å². The van der Waals surface area contributed by atoms with Gasteiger partial charge in [-0.2, -0.15) is 0 Å². The maximum absolute atomic E-state index is 12.0. The van der Waals surface area contributed by atoms with E-state index in [0.717, 1.165) is 23.0 Å². The van der Waals surface area contributed by atoms with Crippen molar-refractivity contribution in [3.05, 3.63) is 33.4 Å². The highest BCUT2D eigenvalue weighted by Crippen LogP contribution is 2.16. The van der Waals surface area contributed by atoms with E-state index in [4.69, 9.17) is 0 Å². The third-order valence-corrected chi connectivity index (χ3v) is 4.03. The van der Waals surface area contributed by atoms with Crippen molar-refractivity contribution in [2.45, 2.75) is 25.8 Å². The lowest BCUT2D eigenvalue weighted by Crippen LogP contribution is -2.41. The van der Waals surface area contributed by atoms with Gasteiger partial charge in [-0.3, -0.25) is 9.59 Å². The van der Waals surface area contributed by atoms with Crippen LogP contribution in [0.5, 0.6) is 0 Å². The minimum absolute atomic E-state index is 0.00368. The zero-order valence-electron chi connectivity index (χ0n) is 10.9. The molecule has 1 aliphatic rings. The second kappa shape index (κ2) is 6.36. The highest BCUT2D eigenvalue weighted by atomic mass is 127. The Morgan fingerprint density at radius 1 is 1.47 bits per heavy atom. The number of benzene rings is 1. The van der Waals surface area contributed by atoms with Crippen molar-refractivity contribution in [1.82, 2.24) is 10.2 Å². The Kier molecular flexibility index (Phi) is 4.79. The number of halogens is 1. The molecule has 19 heavy (non-hydrogen) atoms. The maximum Gasteiger partial charge on any atom is 0.251 e. The molecule has 1 saturated heterocycles. The molecule has 1 N–H and O–H groups in total. The second-order valence-electron chi connectivity index (χ2n) is 4.77. The molecule has 2 rings (SSSR count). The van der Waals surface area contributed by atoms with Crippen molar-refractivity contribution >= 4 is 34.4 Å². The first-order valence-corrected chi connectivity index (χ1v) is 7.49. The predicted molar refractivity (Wildman–Crippen MR) is 81.9 cm³/mol. The Morgan fingerprint density at radius 2 is 2.26 bits per heavy atom. The van der Waals surface area contributed by atoms with Gasteiger partial charge in [0.05, 0.1) is 6.54 Å². The monoisotopic (exact) mass is 372 g/mol. The lowest BCUT2D eigenvalue weighted by Gasteiger charge is -2.21. The topological polar surface area (TPSA) is 49.4 Å². The molecule has 1 aromatic carbocycles. The van der Waals surface area contributed by atoms with E-state index in [1.54, 1.807) is 12.1 Å². The summed E-state index contributed by atoms with van der Waals surface area (Å²) in [5, 5.41) is 2.69. The van der Waals surface area contributed by atoms with Crippen LogP contribution in [0, 0.1) is 3.57 Å². The Labute approximate surface area is 126 Å². The number of nitrogens with one attached hydrogen (secondary N) is 1. The molecule has 1 heterocycles. The second-order valence-corrected chi connectivity index (χ2v) is 6.02. The summed E-state index contributed by atoms with van der Waals surface area (Å²) >= 11 is 2.16. The van der Waals surface area contributed by atoms with Crippen molar-refractivity contribution in [3.63, 3.8) is 0 Å². The van der Waals surface area contributed by atoms with E-state index >= 15 is 0 Å². The zero-order valence-corrected chi connectivity index (χ0v) is 13.0. The van der Waals surface area contributed by atoms with Gasteiger partial charge in [-0.05, 0) is 60.6 Å². The summed E-state index contributed by atoms with van der Waals surface area (Å²) in [4.78, 5) is 25.7. The molecule has 4 nitrogen and oxygen atoms in total. The van der Waals surface area contributed by atoms with Gasteiger partial charge in [0.25, 0.3) is 5.91 Å². The number of amides is 2. The standard InChI is InChI=1S/C14H17IN2O2/c1-10-4-3-7-17(10)13(18)9-16-14(19)11-5-2-6-12(15)8-11/h2,5-6,8,10H,3-4,7,9H2,1H3,(H,16,19)/t10-/m1/s1. The molecule has 0 bridgehead atoms. The highest BCUT2D eigenvalue weighted by Gasteiger charge is 2.24. The number of nitrogens with zero attached hydrogens (tertiary/aromatic N) is 1. The average molecular weight is 372 g/mol. The fourth-order valence-electron chi connectivity index (χ4n) is 2.29. The Bertz CT molecular complexity index is 490. The number of hydrogen-bond acceptors (Lipinski definition) is 2. The van der Waals surface area contributed by atoms with Crippen LogP contribution >= 0.6 is 22.6 Å². The molecule has 102 valence electrons. The zero-order chi connectivity index (χ0) is 13.8. The normalized spacial score (nSPS) is 18.4. The fourth-order valence-corrected chi connectivity index (χ4v) is 2.84. The molecular weight excluding hydrogens is 355 g/mol. The average Bonchev–Trinajstić information content (AvgIpc) is 2.82. The van der Waals surface area contributed by atoms with E-state index in [1.165, 1.54) is 0 Å². The molecule has 0 aliphatic carbocycles. The van der Waals surface area contributed by atoms with Gasteiger partial charge in [-0.15, -0.1) is 0 Å². The summed E-state index contributed by atoms with van der Waals surface area (Å²) in [6.45, 7) is 2.93. The van der Waals surface area contributed by atoms with Gasteiger partial charge in [0, 0.05) is 21.7 Å². The predicted octanol–water partition coefficient (Wildman–Crippen LogP) is 2.03. The van der Waals surface area contributed by atoms with Crippen LogP contribution in [0.2, 0.25) is 0 Å². The van der Waals surface area contributed by atoms with Crippen molar-refractivity contribution < 1.29 is 9.59 Å². The van der Waals surface area contributed by atoms with Gasteiger partial charge in [-0.1, -0.05) is 6.07 Å². The largest absolute Gasteiger partial charge is 0.343 e. The Hall–Kier alpha value is -1.11. The number of carbonyl (C=O) groups is 2. The van der Waals surface area contributed by atoms with Crippen LogP contribution in [0.25, 0.3) is 0 Å². The van der Waals surface area contributed by atoms with Gasteiger partial charge in [0.15, 0.2) is 0 Å². The lowest BCUT2D eigenvalue weighted by atomic mass is 10.2. The van der Waals surface area contributed by atoms with Crippen molar-refractivity contribution in [2.75, 3.05) is 13.1 Å². The van der Waals surface area contributed by atoms with Crippen LogP contribution in [0.1, 0.15) is 30.1 Å². The van der Waals surface area contributed by atoms with E-state index in [1.807, 2.05) is 24.0 Å². The number of carbonyl (C=O) groups excluding carboxylic acids is 2. The summed E-state index contributed by atoms with van der Waals surface area (Å²) in [7, 11) is 0. The number of hydrogen-bond donors (Lipinski definition) is 1. The molecular formula is C14H17IN2O2. The smallest absolute Gasteiger partial charge is 0.251 e. The maximum atomic E-state index is 12.0. The fraction of sp³-hybridized carbons (Fsp3) is 0.429. The van der Waals surface area contributed by atoms with E-state index in [-0.39, 0.29) is 18.4 Å². The minimum Gasteiger partial charge on any atom is -0.343 e. The number of likely N-dealkylation sites (tertiary alicyclic amines) is 1. The van der Waals surface area contributed by atoms with Gasteiger partial charge < -0.3 is 10.2 Å². The quantitative estimate of drug-likeness (QED) is 0.826. The Morgan fingerprint density at radius 3 is 2.89 bits per heavy atom. The lowest BCUT2D eigenvalue weighted by molar-refractivity contribution is -0.130. The SMILES string of the molecule is C[C@@H]1CCCN1C(=O)CNC(=O)c1cccc(I)c1. The first kappa shape index (κ1) is 14.3.